The molecule has 0 radical (unpaired) electrons. The third-order valence-corrected chi connectivity index (χ3v) is 3.59. The maximum absolute atomic E-state index is 10.7. The SMILES string of the molecule is CC(=O)NCCC#Cc1ccc(N2CCN(C)CC2)cc1. The van der Waals surface area contributed by atoms with E-state index in [0.29, 0.717) is 13.0 Å². The monoisotopic (exact) mass is 285 g/mol. The molecule has 1 fully saturated rings. The highest BCUT2D eigenvalue weighted by atomic mass is 16.1. The van der Waals surface area contributed by atoms with Gasteiger partial charge in [0.1, 0.15) is 0 Å². The van der Waals surface area contributed by atoms with Gasteiger partial charge >= 0.3 is 0 Å². The first-order chi connectivity index (χ1) is 10.1. The van der Waals surface area contributed by atoms with E-state index in [0.717, 1.165) is 31.7 Å². The number of benzene rings is 1. The molecule has 4 nitrogen and oxygen atoms in total. The Labute approximate surface area is 127 Å². The predicted octanol–water partition coefficient (Wildman–Crippen LogP) is 1.32. The van der Waals surface area contributed by atoms with Crippen LogP contribution in [0.4, 0.5) is 5.69 Å². The number of hydrogen-bond acceptors (Lipinski definition) is 3. The Morgan fingerprint density at radius 2 is 1.86 bits per heavy atom. The van der Waals surface area contributed by atoms with Crippen molar-refractivity contribution in [3.63, 3.8) is 0 Å². The summed E-state index contributed by atoms with van der Waals surface area (Å²) in [6.07, 6.45) is 0.680. The molecule has 1 saturated heterocycles. The van der Waals surface area contributed by atoms with Crippen LogP contribution in [0.15, 0.2) is 24.3 Å². The van der Waals surface area contributed by atoms with E-state index in [1.165, 1.54) is 12.6 Å². The Bertz CT molecular complexity index is 519. The zero-order chi connectivity index (χ0) is 15.1. The van der Waals surface area contributed by atoms with Gasteiger partial charge < -0.3 is 15.1 Å². The standard InChI is InChI=1S/C17H23N3O/c1-15(21)18-10-4-3-5-16-6-8-17(9-7-16)20-13-11-19(2)12-14-20/h6-9H,4,10-14H2,1-2H3,(H,18,21). The Kier molecular flexibility index (Phi) is 5.65. The van der Waals surface area contributed by atoms with Crippen LogP contribution in [0.5, 0.6) is 0 Å². The van der Waals surface area contributed by atoms with Gasteiger partial charge in [-0.2, -0.15) is 0 Å². The number of carbonyl (C=O) groups is 1. The molecule has 1 aliphatic rings. The van der Waals surface area contributed by atoms with Gasteiger partial charge in [0.15, 0.2) is 0 Å². The number of likely N-dealkylation sites (N-methyl/N-ethyl adjacent to an activating group) is 1. The zero-order valence-corrected chi connectivity index (χ0v) is 12.9. The fraction of sp³-hybridized carbons (Fsp3) is 0.471. The van der Waals surface area contributed by atoms with Crippen LogP contribution in [0, 0.1) is 11.8 Å². The van der Waals surface area contributed by atoms with Gasteiger partial charge in [-0.3, -0.25) is 4.79 Å². The Hall–Kier alpha value is -1.99. The van der Waals surface area contributed by atoms with E-state index < -0.39 is 0 Å². The first-order valence-corrected chi connectivity index (χ1v) is 7.42. The van der Waals surface area contributed by atoms with Crippen LogP contribution in [-0.2, 0) is 4.79 Å². The Morgan fingerprint density at radius 1 is 1.19 bits per heavy atom. The van der Waals surface area contributed by atoms with Gasteiger partial charge in [-0.1, -0.05) is 11.8 Å². The molecule has 0 atom stereocenters. The minimum absolute atomic E-state index is 0.00618. The van der Waals surface area contributed by atoms with Crippen molar-refractivity contribution in [3.05, 3.63) is 29.8 Å². The quantitative estimate of drug-likeness (QED) is 0.672. The number of anilines is 1. The van der Waals surface area contributed by atoms with Gasteiger partial charge in [0.2, 0.25) is 5.91 Å². The molecule has 21 heavy (non-hydrogen) atoms. The van der Waals surface area contributed by atoms with Gasteiger partial charge in [0.25, 0.3) is 0 Å². The van der Waals surface area contributed by atoms with E-state index in [9.17, 15) is 4.79 Å². The molecular formula is C17H23N3O. The molecule has 0 spiro atoms. The fourth-order valence-corrected chi connectivity index (χ4v) is 2.29. The van der Waals surface area contributed by atoms with Crippen molar-refractivity contribution in [1.29, 1.82) is 0 Å². The van der Waals surface area contributed by atoms with Crippen LogP contribution >= 0.6 is 0 Å². The lowest BCUT2D eigenvalue weighted by Crippen LogP contribution is -2.44. The molecule has 0 aromatic heterocycles. The minimum Gasteiger partial charge on any atom is -0.369 e. The van der Waals surface area contributed by atoms with Gasteiger partial charge in [0, 0.05) is 57.3 Å². The van der Waals surface area contributed by atoms with Crippen LogP contribution in [0.3, 0.4) is 0 Å². The van der Waals surface area contributed by atoms with Crippen molar-refractivity contribution >= 4 is 11.6 Å². The lowest BCUT2D eigenvalue weighted by molar-refractivity contribution is -0.118. The van der Waals surface area contributed by atoms with Crippen LogP contribution in [-0.4, -0.2) is 50.6 Å². The topological polar surface area (TPSA) is 35.6 Å². The average Bonchev–Trinajstić information content (AvgIpc) is 2.48. The molecule has 0 unspecified atom stereocenters. The number of amides is 1. The molecule has 1 aliphatic heterocycles. The maximum Gasteiger partial charge on any atom is 0.216 e. The molecule has 1 heterocycles. The Morgan fingerprint density at radius 3 is 2.48 bits per heavy atom. The summed E-state index contributed by atoms with van der Waals surface area (Å²) >= 11 is 0. The molecular weight excluding hydrogens is 262 g/mol. The van der Waals surface area contributed by atoms with E-state index in [2.05, 4.69) is 58.3 Å². The minimum atomic E-state index is -0.00618. The lowest BCUT2D eigenvalue weighted by atomic mass is 10.2. The van der Waals surface area contributed by atoms with E-state index in [4.69, 9.17) is 0 Å². The number of nitrogens with one attached hydrogen (secondary N) is 1. The number of hydrogen-bond donors (Lipinski definition) is 1. The van der Waals surface area contributed by atoms with Crippen molar-refractivity contribution in [1.82, 2.24) is 10.2 Å². The van der Waals surface area contributed by atoms with E-state index >= 15 is 0 Å². The van der Waals surface area contributed by atoms with Crippen molar-refractivity contribution < 1.29 is 4.79 Å². The van der Waals surface area contributed by atoms with Crippen molar-refractivity contribution in [2.24, 2.45) is 0 Å². The highest BCUT2D eigenvalue weighted by molar-refractivity contribution is 5.72. The molecule has 4 heteroatoms. The summed E-state index contributed by atoms with van der Waals surface area (Å²) in [7, 11) is 2.16. The third-order valence-electron chi connectivity index (χ3n) is 3.59. The van der Waals surface area contributed by atoms with Gasteiger partial charge in [0.05, 0.1) is 0 Å². The molecule has 1 N–H and O–H groups in total. The Balaban J connectivity index is 1.84. The van der Waals surface area contributed by atoms with Gasteiger partial charge in [-0.05, 0) is 31.3 Å². The predicted molar refractivity (Wildman–Crippen MR) is 86.3 cm³/mol. The molecule has 112 valence electrons. The summed E-state index contributed by atoms with van der Waals surface area (Å²) in [4.78, 5) is 15.5. The molecule has 1 aromatic rings. The highest BCUT2D eigenvalue weighted by Gasteiger charge is 2.13. The summed E-state index contributed by atoms with van der Waals surface area (Å²) in [5.74, 6) is 6.20. The number of carbonyl (C=O) groups excluding carboxylic acids is 1. The molecule has 1 amide bonds. The van der Waals surface area contributed by atoms with Gasteiger partial charge in [-0.25, -0.2) is 0 Å². The summed E-state index contributed by atoms with van der Waals surface area (Å²) < 4.78 is 0. The van der Waals surface area contributed by atoms with Crippen LogP contribution in [0.2, 0.25) is 0 Å². The van der Waals surface area contributed by atoms with Crippen molar-refractivity contribution in [2.45, 2.75) is 13.3 Å². The summed E-state index contributed by atoms with van der Waals surface area (Å²) in [6, 6.07) is 8.42. The van der Waals surface area contributed by atoms with Crippen LogP contribution < -0.4 is 10.2 Å². The summed E-state index contributed by atoms with van der Waals surface area (Å²) in [5, 5.41) is 2.74. The second-order valence-electron chi connectivity index (χ2n) is 5.37. The number of piperazine rings is 1. The average molecular weight is 285 g/mol. The van der Waals surface area contributed by atoms with Crippen LogP contribution in [0.25, 0.3) is 0 Å². The first-order valence-electron chi connectivity index (χ1n) is 7.42. The highest BCUT2D eigenvalue weighted by Crippen LogP contribution is 2.16. The van der Waals surface area contributed by atoms with Gasteiger partial charge in [-0.15, -0.1) is 0 Å². The summed E-state index contributed by atoms with van der Waals surface area (Å²) in [5.41, 5.74) is 2.29. The lowest BCUT2D eigenvalue weighted by Gasteiger charge is -2.34. The molecule has 2 rings (SSSR count). The molecule has 0 bridgehead atoms. The zero-order valence-electron chi connectivity index (χ0n) is 12.9. The molecule has 0 aliphatic carbocycles. The van der Waals surface area contributed by atoms with Crippen molar-refractivity contribution in [2.75, 3.05) is 44.7 Å². The second kappa shape index (κ2) is 7.70. The third kappa shape index (κ3) is 5.13. The maximum atomic E-state index is 10.7. The second-order valence-corrected chi connectivity index (χ2v) is 5.37. The number of rotatable bonds is 3. The van der Waals surface area contributed by atoms with E-state index in [1.807, 2.05) is 0 Å². The summed E-state index contributed by atoms with van der Waals surface area (Å²) in [6.45, 7) is 6.53. The molecule has 1 aromatic carbocycles. The van der Waals surface area contributed by atoms with E-state index in [-0.39, 0.29) is 5.91 Å². The smallest absolute Gasteiger partial charge is 0.216 e. The van der Waals surface area contributed by atoms with Crippen LogP contribution in [0.1, 0.15) is 18.9 Å². The van der Waals surface area contributed by atoms with E-state index in [1.54, 1.807) is 0 Å². The number of nitrogens with zero attached hydrogens (tertiary/aromatic N) is 2. The fourth-order valence-electron chi connectivity index (χ4n) is 2.29. The van der Waals surface area contributed by atoms with Crippen molar-refractivity contribution in [3.8, 4) is 11.8 Å². The molecule has 0 saturated carbocycles. The largest absolute Gasteiger partial charge is 0.369 e. The normalized spacial score (nSPS) is 15.2. The first kappa shape index (κ1) is 15.4.